The highest BCUT2D eigenvalue weighted by molar-refractivity contribution is 5.95. The van der Waals surface area contributed by atoms with E-state index in [4.69, 9.17) is 0 Å². The first-order valence-corrected chi connectivity index (χ1v) is 13.1. The van der Waals surface area contributed by atoms with Gasteiger partial charge < -0.3 is 25.3 Å². The molecule has 0 saturated carbocycles. The molecule has 3 aromatic rings. The lowest BCUT2D eigenvalue weighted by atomic mass is 10.1. The van der Waals surface area contributed by atoms with Crippen LogP contribution in [0, 0.1) is 5.82 Å². The number of carbonyl (C=O) groups is 3. The molecule has 4 rings (SSSR count). The molecule has 1 heterocycles. The molecule has 39 heavy (non-hydrogen) atoms. The SMILES string of the molecule is CC(C)NC(=O)N(CC(=O)Nc1ccc(N2CCN(C(=O)c3ccccc3F)CC2)cc1)Cc1ccccc1. The van der Waals surface area contributed by atoms with Crippen molar-refractivity contribution in [3.8, 4) is 0 Å². The van der Waals surface area contributed by atoms with E-state index in [0.717, 1.165) is 11.3 Å². The molecule has 0 radical (unpaired) electrons. The summed E-state index contributed by atoms with van der Waals surface area (Å²) in [5, 5.41) is 5.73. The summed E-state index contributed by atoms with van der Waals surface area (Å²) in [7, 11) is 0. The third-order valence-corrected chi connectivity index (χ3v) is 6.44. The molecule has 4 amide bonds. The number of benzene rings is 3. The first kappa shape index (κ1) is 27.6. The minimum atomic E-state index is -0.508. The summed E-state index contributed by atoms with van der Waals surface area (Å²) < 4.78 is 14.0. The first-order chi connectivity index (χ1) is 18.8. The van der Waals surface area contributed by atoms with Gasteiger partial charge in [-0.3, -0.25) is 9.59 Å². The Morgan fingerprint density at radius 2 is 1.51 bits per heavy atom. The molecule has 0 atom stereocenters. The van der Waals surface area contributed by atoms with Gasteiger partial charge in [0.15, 0.2) is 0 Å². The summed E-state index contributed by atoms with van der Waals surface area (Å²) in [5.41, 5.74) is 2.62. The summed E-state index contributed by atoms with van der Waals surface area (Å²) in [6.45, 7) is 6.19. The molecule has 1 saturated heterocycles. The summed E-state index contributed by atoms with van der Waals surface area (Å²) in [6, 6.07) is 22.7. The predicted octanol–water partition coefficient (Wildman–Crippen LogP) is 4.35. The zero-order chi connectivity index (χ0) is 27.8. The Hall–Kier alpha value is -4.40. The van der Waals surface area contributed by atoms with Gasteiger partial charge in [0.1, 0.15) is 12.4 Å². The number of anilines is 2. The maximum absolute atomic E-state index is 14.0. The lowest BCUT2D eigenvalue weighted by Crippen LogP contribution is -2.49. The molecule has 0 aromatic heterocycles. The number of hydrogen-bond acceptors (Lipinski definition) is 4. The first-order valence-electron chi connectivity index (χ1n) is 13.1. The van der Waals surface area contributed by atoms with Crippen LogP contribution in [0.2, 0.25) is 0 Å². The van der Waals surface area contributed by atoms with Gasteiger partial charge in [0.25, 0.3) is 5.91 Å². The van der Waals surface area contributed by atoms with E-state index in [1.807, 2.05) is 68.4 Å². The molecular formula is C30H34FN5O3. The molecule has 204 valence electrons. The molecule has 0 bridgehead atoms. The van der Waals surface area contributed by atoms with E-state index >= 15 is 0 Å². The van der Waals surface area contributed by atoms with Gasteiger partial charge in [-0.1, -0.05) is 42.5 Å². The minimum Gasteiger partial charge on any atom is -0.368 e. The lowest BCUT2D eigenvalue weighted by Gasteiger charge is -2.36. The third kappa shape index (κ3) is 7.56. The Labute approximate surface area is 228 Å². The standard InChI is InChI=1S/C30H34FN5O3/c1-22(2)32-30(39)36(20-23-8-4-3-5-9-23)21-28(37)33-24-12-14-25(15-13-24)34-16-18-35(19-17-34)29(38)26-10-6-7-11-27(26)31/h3-15,22H,16-21H2,1-2H3,(H,32,39)(H,33,37). The summed E-state index contributed by atoms with van der Waals surface area (Å²) in [4.78, 5) is 43.5. The van der Waals surface area contributed by atoms with E-state index in [-0.39, 0.29) is 36.0 Å². The number of hydrogen-bond donors (Lipinski definition) is 2. The van der Waals surface area contributed by atoms with Gasteiger partial charge in [0.2, 0.25) is 5.91 Å². The van der Waals surface area contributed by atoms with Gasteiger partial charge in [-0.25, -0.2) is 9.18 Å². The summed E-state index contributed by atoms with van der Waals surface area (Å²) >= 11 is 0. The number of nitrogens with zero attached hydrogens (tertiary/aromatic N) is 3. The van der Waals surface area contributed by atoms with Gasteiger partial charge in [0, 0.05) is 50.1 Å². The monoisotopic (exact) mass is 531 g/mol. The number of carbonyl (C=O) groups excluding carboxylic acids is 3. The van der Waals surface area contributed by atoms with Crippen LogP contribution in [0.1, 0.15) is 29.8 Å². The van der Waals surface area contributed by atoms with Crippen LogP contribution in [0.3, 0.4) is 0 Å². The highest BCUT2D eigenvalue weighted by Crippen LogP contribution is 2.21. The van der Waals surface area contributed by atoms with Crippen LogP contribution in [0.4, 0.5) is 20.6 Å². The molecule has 0 spiro atoms. The topological polar surface area (TPSA) is 85.0 Å². The normalized spacial score (nSPS) is 13.2. The summed E-state index contributed by atoms with van der Waals surface area (Å²) in [5.74, 6) is -1.10. The molecule has 1 aliphatic heterocycles. The molecule has 1 fully saturated rings. The molecule has 2 N–H and O–H groups in total. The Morgan fingerprint density at radius 1 is 0.872 bits per heavy atom. The number of piperazine rings is 1. The highest BCUT2D eigenvalue weighted by Gasteiger charge is 2.24. The van der Waals surface area contributed by atoms with Crippen LogP contribution in [0.5, 0.6) is 0 Å². The van der Waals surface area contributed by atoms with Gasteiger partial charge in [-0.15, -0.1) is 0 Å². The van der Waals surface area contributed by atoms with Crippen molar-refractivity contribution in [3.05, 3.63) is 95.8 Å². The van der Waals surface area contributed by atoms with Crippen molar-refractivity contribution >= 4 is 29.2 Å². The van der Waals surface area contributed by atoms with E-state index in [0.29, 0.717) is 38.4 Å². The van der Waals surface area contributed by atoms with E-state index < -0.39 is 5.82 Å². The van der Waals surface area contributed by atoms with Gasteiger partial charge >= 0.3 is 6.03 Å². The van der Waals surface area contributed by atoms with Crippen LogP contribution < -0.4 is 15.5 Å². The van der Waals surface area contributed by atoms with Crippen LogP contribution >= 0.6 is 0 Å². The van der Waals surface area contributed by atoms with Crippen LogP contribution in [0.25, 0.3) is 0 Å². The smallest absolute Gasteiger partial charge is 0.318 e. The molecule has 0 unspecified atom stereocenters. The largest absolute Gasteiger partial charge is 0.368 e. The zero-order valence-electron chi connectivity index (χ0n) is 22.3. The molecule has 1 aliphatic rings. The quantitative estimate of drug-likeness (QED) is 0.453. The molecule has 0 aliphatic carbocycles. The second-order valence-electron chi connectivity index (χ2n) is 9.80. The van der Waals surface area contributed by atoms with Crippen molar-refractivity contribution in [2.24, 2.45) is 0 Å². The molecule has 3 aromatic carbocycles. The van der Waals surface area contributed by atoms with Gasteiger partial charge in [-0.2, -0.15) is 0 Å². The Kier molecular flexibility index (Phi) is 9.14. The van der Waals surface area contributed by atoms with Crippen LogP contribution in [-0.2, 0) is 11.3 Å². The maximum Gasteiger partial charge on any atom is 0.318 e. The minimum absolute atomic E-state index is 0.0501. The van der Waals surface area contributed by atoms with Crippen LogP contribution in [-0.4, -0.2) is 66.4 Å². The Morgan fingerprint density at radius 3 is 2.15 bits per heavy atom. The molecule has 9 heteroatoms. The second kappa shape index (κ2) is 12.9. The van der Waals surface area contributed by atoms with Crippen molar-refractivity contribution in [1.82, 2.24) is 15.1 Å². The van der Waals surface area contributed by atoms with E-state index in [2.05, 4.69) is 15.5 Å². The lowest BCUT2D eigenvalue weighted by molar-refractivity contribution is -0.116. The van der Waals surface area contributed by atoms with Crippen molar-refractivity contribution in [2.45, 2.75) is 26.4 Å². The predicted molar refractivity (Wildman–Crippen MR) is 150 cm³/mol. The second-order valence-corrected chi connectivity index (χ2v) is 9.80. The van der Waals surface area contributed by atoms with E-state index in [1.165, 1.54) is 17.0 Å². The van der Waals surface area contributed by atoms with Gasteiger partial charge in [0.05, 0.1) is 5.56 Å². The van der Waals surface area contributed by atoms with Crippen molar-refractivity contribution in [1.29, 1.82) is 0 Å². The average molecular weight is 532 g/mol. The fourth-order valence-corrected chi connectivity index (χ4v) is 4.44. The number of rotatable bonds is 8. The molecular weight excluding hydrogens is 497 g/mol. The number of urea groups is 1. The highest BCUT2D eigenvalue weighted by atomic mass is 19.1. The number of halogens is 1. The van der Waals surface area contributed by atoms with Crippen molar-refractivity contribution in [2.75, 3.05) is 42.9 Å². The van der Waals surface area contributed by atoms with E-state index in [1.54, 1.807) is 17.0 Å². The number of nitrogens with one attached hydrogen (secondary N) is 2. The Bertz CT molecular complexity index is 1280. The average Bonchev–Trinajstić information content (AvgIpc) is 2.93. The van der Waals surface area contributed by atoms with Crippen molar-refractivity contribution < 1.29 is 18.8 Å². The maximum atomic E-state index is 14.0. The van der Waals surface area contributed by atoms with E-state index in [9.17, 15) is 18.8 Å². The fraction of sp³-hybridized carbons (Fsp3) is 0.300. The Balaban J connectivity index is 1.31. The number of amides is 4. The van der Waals surface area contributed by atoms with Crippen molar-refractivity contribution in [3.63, 3.8) is 0 Å². The summed E-state index contributed by atoms with van der Waals surface area (Å²) in [6.07, 6.45) is 0. The fourth-order valence-electron chi connectivity index (χ4n) is 4.44. The zero-order valence-corrected chi connectivity index (χ0v) is 22.3. The third-order valence-electron chi connectivity index (χ3n) is 6.44. The molecule has 8 nitrogen and oxygen atoms in total. The van der Waals surface area contributed by atoms with Crippen LogP contribution in [0.15, 0.2) is 78.9 Å². The van der Waals surface area contributed by atoms with Gasteiger partial charge in [-0.05, 0) is 55.8 Å².